The summed E-state index contributed by atoms with van der Waals surface area (Å²) in [4.78, 5) is 29.1. The lowest BCUT2D eigenvalue weighted by molar-refractivity contribution is -0.130. The second kappa shape index (κ2) is 7.16. The highest BCUT2D eigenvalue weighted by molar-refractivity contribution is 9.10. The molecule has 0 unspecified atom stereocenters. The lowest BCUT2D eigenvalue weighted by atomic mass is 10.3. The van der Waals surface area contributed by atoms with E-state index in [9.17, 15) is 9.59 Å². The molecule has 20 heavy (non-hydrogen) atoms. The first kappa shape index (κ1) is 14.7. The van der Waals surface area contributed by atoms with E-state index in [-0.39, 0.29) is 11.8 Å². The largest absolute Gasteiger partial charge is 0.378 e. The number of carbonyl (C=O) groups is 2. The molecule has 1 aromatic heterocycles. The van der Waals surface area contributed by atoms with E-state index in [1.54, 1.807) is 23.2 Å². The van der Waals surface area contributed by atoms with E-state index in [1.807, 2.05) is 0 Å². The lowest BCUT2D eigenvalue weighted by Crippen LogP contribution is -2.39. The molecule has 0 atom stereocenters. The summed E-state index contributed by atoms with van der Waals surface area (Å²) in [6.07, 6.45) is 4.05. The van der Waals surface area contributed by atoms with E-state index in [4.69, 9.17) is 4.74 Å². The quantitative estimate of drug-likeness (QED) is 0.840. The van der Waals surface area contributed by atoms with Crippen LogP contribution in [0.1, 0.15) is 0 Å². The van der Waals surface area contributed by atoms with Crippen molar-refractivity contribution < 1.29 is 14.3 Å². The summed E-state index contributed by atoms with van der Waals surface area (Å²) in [5, 5.41) is 2.57. The molecule has 2 heterocycles. The zero-order chi connectivity index (χ0) is 14.4. The number of aromatic nitrogens is 1. The summed E-state index contributed by atoms with van der Waals surface area (Å²) in [6.45, 7) is 2.18. The Morgan fingerprint density at radius 3 is 2.70 bits per heavy atom. The number of halogens is 1. The van der Waals surface area contributed by atoms with Crippen LogP contribution in [0.5, 0.6) is 0 Å². The van der Waals surface area contributed by atoms with Crippen molar-refractivity contribution in [2.45, 2.75) is 0 Å². The van der Waals surface area contributed by atoms with Gasteiger partial charge in [0.2, 0.25) is 11.8 Å². The van der Waals surface area contributed by atoms with Gasteiger partial charge in [-0.3, -0.25) is 9.59 Å². The molecule has 1 aromatic rings. The van der Waals surface area contributed by atoms with Gasteiger partial charge in [-0.1, -0.05) is 0 Å². The highest BCUT2D eigenvalue weighted by atomic mass is 79.9. The Hall–Kier alpha value is -1.73. The van der Waals surface area contributed by atoms with Gasteiger partial charge in [-0.2, -0.15) is 0 Å². The number of pyridine rings is 1. The fraction of sp³-hybridized carbons (Fsp3) is 0.308. The fourth-order valence-corrected chi connectivity index (χ4v) is 1.89. The second-order valence-corrected chi connectivity index (χ2v) is 5.04. The van der Waals surface area contributed by atoms with Crippen LogP contribution in [-0.4, -0.2) is 48.0 Å². The van der Waals surface area contributed by atoms with Gasteiger partial charge in [-0.25, -0.2) is 4.98 Å². The molecule has 0 saturated carbocycles. The van der Waals surface area contributed by atoms with Gasteiger partial charge < -0.3 is 15.0 Å². The van der Waals surface area contributed by atoms with Crippen LogP contribution >= 0.6 is 15.9 Å². The summed E-state index contributed by atoms with van der Waals surface area (Å²) >= 11 is 3.26. The van der Waals surface area contributed by atoms with Crippen molar-refractivity contribution in [1.82, 2.24) is 9.88 Å². The minimum Gasteiger partial charge on any atom is -0.378 e. The second-order valence-electron chi connectivity index (χ2n) is 4.12. The van der Waals surface area contributed by atoms with Gasteiger partial charge in [-0.05, 0) is 28.1 Å². The van der Waals surface area contributed by atoms with E-state index in [0.29, 0.717) is 32.1 Å². The molecule has 0 bridgehead atoms. The number of carbonyl (C=O) groups excluding carboxylic acids is 2. The predicted octanol–water partition coefficient (Wildman–Crippen LogP) is 1.20. The van der Waals surface area contributed by atoms with Gasteiger partial charge >= 0.3 is 0 Å². The molecule has 2 amide bonds. The van der Waals surface area contributed by atoms with Crippen LogP contribution in [0.25, 0.3) is 0 Å². The topological polar surface area (TPSA) is 71.5 Å². The molecule has 2 rings (SSSR count). The van der Waals surface area contributed by atoms with Crippen LogP contribution in [-0.2, 0) is 14.3 Å². The van der Waals surface area contributed by atoms with E-state index < -0.39 is 0 Å². The van der Waals surface area contributed by atoms with Crippen LogP contribution < -0.4 is 5.32 Å². The number of morpholine rings is 1. The molecule has 1 aliphatic heterocycles. The van der Waals surface area contributed by atoms with Crippen molar-refractivity contribution in [2.24, 2.45) is 0 Å². The Morgan fingerprint density at radius 1 is 1.30 bits per heavy atom. The number of anilines is 1. The van der Waals surface area contributed by atoms with Gasteiger partial charge in [0.1, 0.15) is 5.82 Å². The molecule has 1 fully saturated rings. The third kappa shape index (κ3) is 4.43. The molecule has 0 aliphatic carbocycles. The third-order valence-electron chi connectivity index (χ3n) is 2.68. The molecule has 106 valence electrons. The van der Waals surface area contributed by atoms with Crippen molar-refractivity contribution in [2.75, 3.05) is 31.6 Å². The van der Waals surface area contributed by atoms with Crippen LogP contribution in [0.4, 0.5) is 5.82 Å². The zero-order valence-electron chi connectivity index (χ0n) is 10.7. The first-order valence-corrected chi connectivity index (χ1v) is 6.92. The van der Waals surface area contributed by atoms with E-state index in [0.717, 1.165) is 4.47 Å². The normalized spacial score (nSPS) is 15.3. The van der Waals surface area contributed by atoms with Crippen molar-refractivity contribution in [1.29, 1.82) is 0 Å². The van der Waals surface area contributed by atoms with Crippen molar-refractivity contribution in [3.05, 3.63) is 35.0 Å². The monoisotopic (exact) mass is 339 g/mol. The minimum atomic E-state index is -0.388. The van der Waals surface area contributed by atoms with Crippen molar-refractivity contribution in [3.63, 3.8) is 0 Å². The molecule has 7 heteroatoms. The van der Waals surface area contributed by atoms with Crippen molar-refractivity contribution in [3.8, 4) is 0 Å². The van der Waals surface area contributed by atoms with Crippen LogP contribution in [0.15, 0.2) is 35.0 Å². The summed E-state index contributed by atoms with van der Waals surface area (Å²) in [5.41, 5.74) is 0. The maximum absolute atomic E-state index is 11.8. The van der Waals surface area contributed by atoms with E-state index >= 15 is 0 Å². The minimum absolute atomic E-state index is 0.188. The zero-order valence-corrected chi connectivity index (χ0v) is 12.3. The number of nitrogens with one attached hydrogen (secondary N) is 1. The van der Waals surface area contributed by atoms with Gasteiger partial charge in [0.15, 0.2) is 0 Å². The van der Waals surface area contributed by atoms with E-state index in [1.165, 1.54) is 12.2 Å². The maximum Gasteiger partial charge on any atom is 0.249 e. The van der Waals surface area contributed by atoms with Crippen LogP contribution in [0.3, 0.4) is 0 Å². The first-order valence-electron chi connectivity index (χ1n) is 6.12. The molecular weight excluding hydrogens is 326 g/mol. The molecule has 0 spiro atoms. The van der Waals surface area contributed by atoms with Gasteiger partial charge in [0.25, 0.3) is 0 Å². The van der Waals surface area contributed by atoms with Gasteiger partial charge in [-0.15, -0.1) is 0 Å². The SMILES string of the molecule is O=C(/C=C\C(=O)N1CCOCC1)Nc1ccc(Br)cn1. The summed E-state index contributed by atoms with van der Waals surface area (Å²) < 4.78 is 5.98. The Kier molecular flexibility index (Phi) is 5.25. The molecular formula is C13H14BrN3O3. The standard InChI is InChI=1S/C13H14BrN3O3/c14-10-1-2-11(15-9-10)16-12(18)3-4-13(19)17-5-7-20-8-6-17/h1-4,9H,5-8H2,(H,15,16,18)/b4-3-. The average Bonchev–Trinajstić information content (AvgIpc) is 2.48. The summed E-state index contributed by atoms with van der Waals surface area (Å²) in [7, 11) is 0. The third-order valence-corrected chi connectivity index (χ3v) is 3.15. The van der Waals surface area contributed by atoms with Gasteiger partial charge in [0, 0.05) is 35.9 Å². The van der Waals surface area contributed by atoms with Crippen LogP contribution in [0.2, 0.25) is 0 Å². The Labute approximate surface area is 124 Å². The highest BCUT2D eigenvalue weighted by Crippen LogP contribution is 2.10. The summed E-state index contributed by atoms with van der Waals surface area (Å²) in [6, 6.07) is 3.44. The van der Waals surface area contributed by atoms with E-state index in [2.05, 4.69) is 26.2 Å². The molecule has 6 nitrogen and oxygen atoms in total. The highest BCUT2D eigenvalue weighted by Gasteiger charge is 2.14. The van der Waals surface area contributed by atoms with Crippen LogP contribution in [0, 0.1) is 0 Å². The predicted molar refractivity (Wildman–Crippen MR) is 77.1 cm³/mol. The Balaban J connectivity index is 1.85. The number of hydrogen-bond acceptors (Lipinski definition) is 4. The number of nitrogens with zero attached hydrogens (tertiary/aromatic N) is 2. The number of ether oxygens (including phenoxy) is 1. The number of rotatable bonds is 3. The Morgan fingerprint density at radius 2 is 2.05 bits per heavy atom. The number of hydrogen-bond donors (Lipinski definition) is 1. The summed E-state index contributed by atoms with van der Waals surface area (Å²) in [5.74, 6) is -0.143. The smallest absolute Gasteiger partial charge is 0.249 e. The molecule has 1 aliphatic rings. The Bertz CT molecular complexity index is 510. The van der Waals surface area contributed by atoms with Crippen molar-refractivity contribution >= 4 is 33.6 Å². The molecule has 0 aromatic carbocycles. The fourth-order valence-electron chi connectivity index (χ4n) is 1.65. The maximum atomic E-state index is 11.8. The average molecular weight is 340 g/mol. The molecule has 0 radical (unpaired) electrons. The molecule has 1 N–H and O–H groups in total. The lowest BCUT2D eigenvalue weighted by Gasteiger charge is -2.25. The van der Waals surface area contributed by atoms with Gasteiger partial charge in [0.05, 0.1) is 13.2 Å². The number of amides is 2. The molecule has 1 saturated heterocycles. The first-order chi connectivity index (χ1) is 9.65.